The SMILES string of the molecule is C.C.C.C.C.C.C.C.C.C.C.C.C.Cc1cc(C(=O)O)cc([N+](=O)[O-])c1.Cc1cc(O)cc(O)c1.Cc1ccc(Br)cc1.Cc1ccc(C(C)(C)C)cc1.Cc1ccc(C(F)(F)F)cc1.Cc1ccc(C)c(C)c1.Cc1ccc(Cl)c(Cl)c1.Cc1ccc(Cl)cc1.Cc1ccc(N2CCNCC2)c([N+](=O)[O-])c1.Cc1ccc(OCC(=O)O)cc1.Cc1cccc(NC(N)=O)c1.Cc1cccc(NS(C)(=O)=O)c1.Cc1cccc(O)c1. The van der Waals surface area contributed by atoms with Gasteiger partial charge in [-0.2, -0.15) is 13.2 Å². The van der Waals surface area contributed by atoms with Crippen LogP contribution in [0.3, 0.4) is 0 Å². The van der Waals surface area contributed by atoms with Crippen molar-refractivity contribution in [1.29, 1.82) is 0 Å². The van der Waals surface area contributed by atoms with Gasteiger partial charge in [0, 0.05) is 71.3 Å². The molecule has 2 amide bonds. The molecule has 0 saturated carbocycles. The number of urea groups is 1. The van der Waals surface area contributed by atoms with Crippen molar-refractivity contribution < 1.29 is 76.1 Å². The molecule has 0 bridgehead atoms. The summed E-state index contributed by atoms with van der Waals surface area (Å²) < 4.78 is 65.8. The Hall–Kier alpha value is -13.3. The highest BCUT2D eigenvalue weighted by molar-refractivity contribution is 9.10. The minimum atomic E-state index is -4.21. The van der Waals surface area contributed by atoms with Gasteiger partial charge >= 0.3 is 24.1 Å². The number of anilines is 3. The lowest BCUT2D eigenvalue weighted by Gasteiger charge is -2.29. The number of aliphatic carboxylic acids is 1. The fraction of sp³-hybridized carbons (Fsp3) is 0.325. The summed E-state index contributed by atoms with van der Waals surface area (Å²) in [6.07, 6.45) is -3.08. The van der Waals surface area contributed by atoms with Gasteiger partial charge in [0.15, 0.2) is 6.61 Å². The number of carboxylic acids is 2. The zero-order valence-electron chi connectivity index (χ0n) is 80.5. The van der Waals surface area contributed by atoms with Gasteiger partial charge in [-0.15, -0.1) is 0 Å². The second-order valence-corrected chi connectivity index (χ2v) is 36.6. The van der Waals surface area contributed by atoms with Gasteiger partial charge in [-0.25, -0.2) is 22.8 Å². The zero-order chi connectivity index (χ0) is 103. The van der Waals surface area contributed by atoms with Crippen LogP contribution in [-0.4, -0.2) is 101 Å². The van der Waals surface area contributed by atoms with Gasteiger partial charge in [0.2, 0.25) is 10.0 Å². The molecule has 13 aromatic rings. The number of non-ortho nitro benzene ring substituents is 1. The van der Waals surface area contributed by atoms with Gasteiger partial charge in [0.1, 0.15) is 28.7 Å². The van der Waals surface area contributed by atoms with Crippen molar-refractivity contribution in [2.45, 2.75) is 233 Å². The summed E-state index contributed by atoms with van der Waals surface area (Å²) in [6.45, 7) is 39.2. The number of nitrogens with two attached hydrogens (primary N) is 1. The standard InChI is InChI=1S/C11H15N3O2.C11H16.C9H10O3.C9H12.C8H7F3.C8H10N2O.C8H7NO4.C8H11NO2S.C7H7Br.C7H6Cl2.C7H7Cl.C7H8O2.C7H8O.13CH4/c1-9-2-3-10(11(8-9)14(15)16)13-6-4-12-5-7-13;1-9-5-7-10(8-6-9)11(2,3)4;1-7-2-4-8(5-3-7)12-6-9(10)11;1-7-4-5-8(2)9(3)6-7;1-6-2-4-7(5-3-6)8(9,10)11;1-6-3-2-4-7(5-6)10-8(9)11;1-5-2-6(8(10)11)4-7(3-5)9(12)13;1-7-4-3-5-8(6-7)9-12(2,10)11;1-6-2-4-7(8)5-3-6;1-5-2-3-6(8)7(9)4-5;1-6-2-4-7(8)5-3-6;1-5-2-6(8)4-7(9)3-5;1-6-3-2-4-7(8)5-6;;;;;;;;;;;;;/h2-3,8,12H,4-7H2,1H3;5-8H,1-4H3;2-5H,6H2,1H3,(H,10,11);4-6H,1-3H3;2-5H,1H3;2-5H,1H3,(H3,9,10,11);2-4H,1H3,(H,10,11);3-6,9H,1-2H3;2-5H,1H3;2-4H,1H3;2-5H,1H3;2-4,8-9H,1H3;2-5,8H,1H3;13*1H4. The average Bonchev–Trinajstić information content (AvgIpc) is 0.818. The number of piperazine rings is 1. The lowest BCUT2D eigenvalue weighted by Crippen LogP contribution is -2.43. The molecule has 0 unspecified atom stereocenters. The van der Waals surface area contributed by atoms with E-state index in [0.29, 0.717) is 32.8 Å². The molecule has 13 aromatic carbocycles. The number of carbonyl (C=O) groups is 3. The number of carboxylic acid groups (broad SMARTS) is 2. The summed E-state index contributed by atoms with van der Waals surface area (Å²) in [5.41, 5.74) is 24.7. The van der Waals surface area contributed by atoms with Crippen LogP contribution >= 0.6 is 50.7 Å². The smallest absolute Gasteiger partial charge is 0.416 e. The third-order valence-electron chi connectivity index (χ3n) is 18.4. The minimum absolute atomic E-state index is 0. The number of alkyl halides is 3. The highest BCUT2D eigenvalue weighted by Crippen LogP contribution is 2.32. The van der Waals surface area contributed by atoms with E-state index >= 15 is 0 Å². The molecule has 0 atom stereocenters. The van der Waals surface area contributed by atoms with Gasteiger partial charge in [0.05, 0.1) is 37.3 Å². The maximum Gasteiger partial charge on any atom is 0.416 e. The van der Waals surface area contributed by atoms with Gasteiger partial charge in [0.25, 0.3) is 11.4 Å². The number of nitro groups is 2. The number of phenolic OH excluding ortho intramolecular Hbond substituents is 3. The number of aryl methyl sites for hydroxylation is 15. The second kappa shape index (κ2) is 83.5. The van der Waals surface area contributed by atoms with E-state index in [1.165, 1.54) is 69.3 Å². The van der Waals surface area contributed by atoms with Crippen LogP contribution in [0.4, 0.5) is 46.4 Å². The first-order valence-corrected chi connectivity index (χ1v) is 46.4. The number of benzene rings is 13. The Balaban J connectivity index is -0.000000137. The van der Waals surface area contributed by atoms with Crippen LogP contribution in [0.5, 0.6) is 23.0 Å². The number of hydrogen-bond donors (Lipinski definition) is 9. The molecule has 0 aliphatic carbocycles. The Kier molecular flexibility index (Phi) is 90.2. The average molecular weight is 2230 g/mol. The molecule has 1 fully saturated rings. The summed E-state index contributed by atoms with van der Waals surface area (Å²) in [7, 11) is -3.14. The van der Waals surface area contributed by atoms with Crippen LogP contribution in [-0.2, 0) is 26.4 Å². The summed E-state index contributed by atoms with van der Waals surface area (Å²) >= 11 is 20.3. The molecule has 1 heterocycles. The number of ether oxygens (including phenoxy) is 1. The van der Waals surface area contributed by atoms with Crippen molar-refractivity contribution in [3.05, 3.63) is 425 Å². The molecule has 150 heavy (non-hydrogen) atoms. The molecule has 1 aliphatic rings. The quantitative estimate of drug-likeness (QED) is 0.0454. The number of nitrogens with one attached hydrogen (secondary N) is 3. The monoisotopic (exact) mass is 2230 g/mol. The van der Waals surface area contributed by atoms with E-state index in [0.717, 1.165) is 116 Å². The molecule has 30 heteroatoms. The predicted octanol–water partition coefficient (Wildman–Crippen LogP) is 36.2. The van der Waals surface area contributed by atoms with Crippen molar-refractivity contribution in [1.82, 2.24) is 5.32 Å². The zero-order valence-corrected chi connectivity index (χ0v) is 85.1. The minimum Gasteiger partial charge on any atom is -0.508 e. The lowest BCUT2D eigenvalue weighted by atomic mass is 9.87. The normalized spacial score (nSPS) is 9.79. The Morgan fingerprint density at radius 2 is 0.813 bits per heavy atom. The Morgan fingerprint density at radius 1 is 0.433 bits per heavy atom. The van der Waals surface area contributed by atoms with Gasteiger partial charge < -0.3 is 51.5 Å². The molecule has 0 spiro atoms. The number of phenols is 3. The third kappa shape index (κ3) is 74.6. The largest absolute Gasteiger partial charge is 0.508 e. The summed E-state index contributed by atoms with van der Waals surface area (Å²) in [5, 5.41) is 72.5. The molecule has 0 aromatic heterocycles. The van der Waals surface area contributed by atoms with E-state index in [1.54, 1.807) is 87.5 Å². The number of carbonyl (C=O) groups excluding carboxylic acids is 1. The number of primary amides is 1. The third-order valence-corrected chi connectivity index (χ3v) is 20.5. The molecule has 1 saturated heterocycles. The van der Waals surface area contributed by atoms with Crippen molar-refractivity contribution >= 4 is 107 Å². The van der Waals surface area contributed by atoms with E-state index in [2.05, 4.69) is 146 Å². The van der Waals surface area contributed by atoms with Gasteiger partial charge in [-0.3, -0.25) is 25.0 Å². The maximum atomic E-state index is 11.9. The molecule has 1 aliphatic heterocycles. The molecular formula is C120H176BrCl3F3N7O15S. The molecular weight excluding hydrogens is 2050 g/mol. The molecule has 22 nitrogen and oxygen atoms in total. The number of sulfonamides is 1. The van der Waals surface area contributed by atoms with Crippen LogP contribution in [0.25, 0.3) is 0 Å². The summed E-state index contributed by atoms with van der Waals surface area (Å²) in [6, 6.07) is 84.0. The topological polar surface area (TPSA) is 347 Å². The number of aromatic carboxylic acids is 1. The van der Waals surface area contributed by atoms with E-state index in [9.17, 15) is 56.2 Å². The number of aromatic hydroxyl groups is 3. The lowest BCUT2D eigenvalue weighted by molar-refractivity contribution is -0.385. The first-order chi connectivity index (χ1) is 64.0. The Labute approximate surface area is 922 Å². The molecule has 14 rings (SSSR count). The van der Waals surface area contributed by atoms with Gasteiger partial charge in [-0.1, -0.05) is 341 Å². The second-order valence-electron chi connectivity index (χ2n) is 32.6. The number of nitrogens with zero attached hydrogens (tertiary/aromatic N) is 3. The Bertz CT molecular complexity index is 5750. The van der Waals surface area contributed by atoms with Crippen LogP contribution in [0, 0.1) is 124 Å². The number of halogens is 7. The van der Waals surface area contributed by atoms with E-state index in [1.807, 2.05) is 164 Å². The fourth-order valence-electron chi connectivity index (χ4n) is 11.2. The van der Waals surface area contributed by atoms with Crippen LogP contribution in [0.15, 0.2) is 290 Å². The van der Waals surface area contributed by atoms with E-state index < -0.39 is 44.7 Å². The summed E-state index contributed by atoms with van der Waals surface area (Å²) in [4.78, 5) is 53.5. The highest BCUT2D eigenvalue weighted by atomic mass is 79.9. The predicted molar refractivity (Wildman–Crippen MR) is 644 cm³/mol. The van der Waals surface area contributed by atoms with Crippen LogP contribution in [0.2, 0.25) is 15.1 Å². The van der Waals surface area contributed by atoms with Crippen molar-refractivity contribution in [2.75, 3.05) is 54.0 Å². The van der Waals surface area contributed by atoms with Crippen molar-refractivity contribution in [3.8, 4) is 23.0 Å². The van der Waals surface area contributed by atoms with Crippen LogP contribution in [0.1, 0.15) is 222 Å². The Morgan fingerprint density at radius 3 is 1.17 bits per heavy atom. The highest BCUT2D eigenvalue weighted by Gasteiger charge is 2.30. The van der Waals surface area contributed by atoms with E-state index in [4.69, 9.17) is 70.8 Å². The molecule has 10 N–H and O–H groups in total. The first-order valence-electron chi connectivity index (χ1n) is 42.6. The van der Waals surface area contributed by atoms with Crippen molar-refractivity contribution in [3.63, 3.8) is 0 Å². The number of nitro benzene ring substituents is 2. The number of amides is 2. The summed E-state index contributed by atoms with van der Waals surface area (Å²) in [5.74, 6) is -0.990. The number of hydrogen-bond acceptors (Lipinski definition) is 15. The van der Waals surface area contributed by atoms with Crippen LogP contribution < -0.4 is 30.7 Å². The van der Waals surface area contributed by atoms with Crippen molar-refractivity contribution in [2.24, 2.45) is 5.73 Å². The fourth-order valence-corrected chi connectivity index (χ4v) is 12.5. The number of rotatable bonds is 10. The van der Waals surface area contributed by atoms with Gasteiger partial charge in [-0.05, 0) is 286 Å². The maximum absolute atomic E-state index is 11.9. The van der Waals surface area contributed by atoms with E-state index in [-0.39, 0.29) is 142 Å². The first kappa shape index (κ1) is 162. The molecule has 836 valence electrons. The molecule has 0 radical (unpaired) electrons.